The van der Waals surface area contributed by atoms with Crippen LogP contribution in [0.5, 0.6) is 0 Å². The van der Waals surface area contributed by atoms with Gasteiger partial charge in [0.05, 0.1) is 12.0 Å². The highest BCUT2D eigenvalue weighted by Gasteiger charge is 2.29. The number of amides is 2. The highest BCUT2D eigenvalue weighted by atomic mass is 16.5. The van der Waals surface area contributed by atoms with E-state index in [1.165, 1.54) is 0 Å². The maximum absolute atomic E-state index is 12.1. The Morgan fingerprint density at radius 2 is 1.95 bits per heavy atom. The molecule has 2 N–H and O–H groups in total. The number of hydrogen-bond donors (Lipinski definition) is 2. The van der Waals surface area contributed by atoms with Gasteiger partial charge in [0, 0.05) is 32.7 Å². The van der Waals surface area contributed by atoms with Gasteiger partial charge in [-0.05, 0) is 25.7 Å². The standard InChI is InChI=1S/C14H24N2O4/c1-20-12-4-2-3-11(12)9-15-14(19)16-7-5-10(6-8-16)13(17)18/h10-12H,2-9H2,1H3,(H,15,19)(H,17,18). The number of piperidine rings is 1. The van der Waals surface area contributed by atoms with Crippen LogP contribution in [0, 0.1) is 11.8 Å². The van der Waals surface area contributed by atoms with E-state index in [1.807, 2.05) is 0 Å². The normalized spacial score (nSPS) is 27.6. The van der Waals surface area contributed by atoms with Crippen molar-refractivity contribution in [3.8, 4) is 0 Å². The fourth-order valence-corrected chi connectivity index (χ4v) is 3.21. The van der Waals surface area contributed by atoms with Crippen LogP contribution >= 0.6 is 0 Å². The zero-order valence-electron chi connectivity index (χ0n) is 12.0. The number of methoxy groups -OCH3 is 1. The zero-order chi connectivity index (χ0) is 14.5. The number of carbonyl (C=O) groups excluding carboxylic acids is 1. The van der Waals surface area contributed by atoms with Crippen LogP contribution < -0.4 is 5.32 Å². The molecule has 2 aliphatic rings. The summed E-state index contributed by atoms with van der Waals surface area (Å²) in [5.74, 6) is -0.647. The van der Waals surface area contributed by atoms with Crippen molar-refractivity contribution < 1.29 is 19.4 Å². The molecule has 114 valence electrons. The first-order valence-electron chi connectivity index (χ1n) is 7.40. The highest BCUT2D eigenvalue weighted by molar-refractivity contribution is 5.75. The molecule has 6 heteroatoms. The number of hydrogen-bond acceptors (Lipinski definition) is 3. The van der Waals surface area contributed by atoms with Gasteiger partial charge in [-0.1, -0.05) is 6.42 Å². The second-order valence-electron chi connectivity index (χ2n) is 5.75. The Balaban J connectivity index is 1.72. The van der Waals surface area contributed by atoms with E-state index < -0.39 is 5.97 Å². The van der Waals surface area contributed by atoms with Gasteiger partial charge in [-0.15, -0.1) is 0 Å². The third-order valence-electron chi connectivity index (χ3n) is 4.54. The summed E-state index contributed by atoms with van der Waals surface area (Å²) in [7, 11) is 1.72. The summed E-state index contributed by atoms with van der Waals surface area (Å²) in [6, 6.07) is -0.0735. The first kappa shape index (κ1) is 15.1. The number of rotatable bonds is 4. The topological polar surface area (TPSA) is 78.9 Å². The quantitative estimate of drug-likeness (QED) is 0.816. The molecule has 2 unspecified atom stereocenters. The molecule has 0 bridgehead atoms. The molecule has 1 saturated carbocycles. The molecular formula is C14H24N2O4. The van der Waals surface area contributed by atoms with E-state index in [2.05, 4.69) is 5.32 Å². The fourth-order valence-electron chi connectivity index (χ4n) is 3.21. The van der Waals surface area contributed by atoms with E-state index >= 15 is 0 Å². The third kappa shape index (κ3) is 3.62. The number of ether oxygens (including phenoxy) is 1. The van der Waals surface area contributed by atoms with E-state index in [1.54, 1.807) is 12.0 Å². The summed E-state index contributed by atoms with van der Waals surface area (Å²) in [6.45, 7) is 1.71. The predicted molar refractivity (Wildman–Crippen MR) is 73.5 cm³/mol. The number of nitrogens with zero attached hydrogens (tertiary/aromatic N) is 1. The van der Waals surface area contributed by atoms with Crippen LogP contribution in [0.25, 0.3) is 0 Å². The van der Waals surface area contributed by atoms with Crippen LogP contribution in [0.1, 0.15) is 32.1 Å². The molecular weight excluding hydrogens is 260 g/mol. The number of nitrogens with one attached hydrogen (secondary N) is 1. The highest BCUT2D eigenvalue weighted by Crippen LogP contribution is 2.27. The summed E-state index contributed by atoms with van der Waals surface area (Å²) in [5, 5.41) is 11.9. The number of aliphatic carboxylic acids is 1. The van der Waals surface area contributed by atoms with Crippen molar-refractivity contribution in [3.05, 3.63) is 0 Å². The van der Waals surface area contributed by atoms with Gasteiger partial charge in [-0.3, -0.25) is 4.79 Å². The molecule has 6 nitrogen and oxygen atoms in total. The minimum atomic E-state index is -0.751. The second kappa shape index (κ2) is 6.92. The SMILES string of the molecule is COC1CCCC1CNC(=O)N1CCC(C(=O)O)CC1. The lowest BCUT2D eigenvalue weighted by Crippen LogP contribution is -2.47. The van der Waals surface area contributed by atoms with Gasteiger partial charge in [0.25, 0.3) is 0 Å². The molecule has 2 atom stereocenters. The number of urea groups is 1. The fraction of sp³-hybridized carbons (Fsp3) is 0.857. The Hall–Kier alpha value is -1.30. The van der Waals surface area contributed by atoms with E-state index in [9.17, 15) is 9.59 Å². The first-order chi connectivity index (χ1) is 9.61. The maximum Gasteiger partial charge on any atom is 0.317 e. The number of carbonyl (C=O) groups is 2. The summed E-state index contributed by atoms with van der Waals surface area (Å²) < 4.78 is 5.41. The lowest BCUT2D eigenvalue weighted by Gasteiger charge is -2.30. The van der Waals surface area contributed by atoms with Crippen molar-refractivity contribution in [2.45, 2.75) is 38.2 Å². The monoisotopic (exact) mass is 284 g/mol. The maximum atomic E-state index is 12.1. The van der Waals surface area contributed by atoms with E-state index in [-0.39, 0.29) is 18.1 Å². The number of carboxylic acid groups (broad SMARTS) is 1. The van der Waals surface area contributed by atoms with Crippen LogP contribution in [0.4, 0.5) is 4.79 Å². The van der Waals surface area contributed by atoms with Crippen LogP contribution in [0.15, 0.2) is 0 Å². The van der Waals surface area contributed by atoms with Crippen LogP contribution in [-0.2, 0) is 9.53 Å². The summed E-state index contributed by atoms with van der Waals surface area (Å²) in [5.41, 5.74) is 0. The molecule has 0 aromatic rings. The zero-order valence-corrected chi connectivity index (χ0v) is 12.0. The molecule has 1 aliphatic carbocycles. The Morgan fingerprint density at radius 3 is 2.55 bits per heavy atom. The Morgan fingerprint density at radius 1 is 1.25 bits per heavy atom. The molecule has 20 heavy (non-hydrogen) atoms. The summed E-state index contributed by atoms with van der Waals surface area (Å²) in [4.78, 5) is 24.6. The predicted octanol–water partition coefficient (Wildman–Crippen LogP) is 1.31. The molecule has 0 aromatic heterocycles. The van der Waals surface area contributed by atoms with Crippen LogP contribution in [-0.4, -0.2) is 54.9 Å². The Kier molecular flexibility index (Phi) is 5.23. The molecule has 0 aromatic carbocycles. The lowest BCUT2D eigenvalue weighted by atomic mass is 9.97. The largest absolute Gasteiger partial charge is 0.481 e. The second-order valence-corrected chi connectivity index (χ2v) is 5.75. The van der Waals surface area contributed by atoms with Gasteiger partial charge in [0.15, 0.2) is 0 Å². The van der Waals surface area contributed by atoms with Crippen molar-refractivity contribution in [2.75, 3.05) is 26.7 Å². The molecule has 0 spiro atoms. The molecule has 2 amide bonds. The smallest absolute Gasteiger partial charge is 0.317 e. The number of likely N-dealkylation sites (tertiary alicyclic amines) is 1. The van der Waals surface area contributed by atoms with Crippen LogP contribution in [0.3, 0.4) is 0 Å². The van der Waals surface area contributed by atoms with E-state index in [0.717, 1.165) is 19.3 Å². The molecule has 0 radical (unpaired) electrons. The molecule has 2 rings (SSSR count). The minimum Gasteiger partial charge on any atom is -0.481 e. The van der Waals surface area contributed by atoms with Gasteiger partial charge < -0.3 is 20.1 Å². The van der Waals surface area contributed by atoms with E-state index in [0.29, 0.717) is 38.4 Å². The molecule has 2 fully saturated rings. The first-order valence-corrected chi connectivity index (χ1v) is 7.40. The van der Waals surface area contributed by atoms with Crippen molar-refractivity contribution in [3.63, 3.8) is 0 Å². The van der Waals surface area contributed by atoms with Gasteiger partial charge in [0.2, 0.25) is 0 Å². The van der Waals surface area contributed by atoms with Crippen molar-refractivity contribution >= 4 is 12.0 Å². The van der Waals surface area contributed by atoms with Gasteiger partial charge in [-0.25, -0.2) is 4.79 Å². The summed E-state index contributed by atoms with van der Waals surface area (Å²) >= 11 is 0. The minimum absolute atomic E-state index is 0.0735. The Labute approximate surface area is 119 Å². The average molecular weight is 284 g/mol. The van der Waals surface area contributed by atoms with Crippen molar-refractivity contribution in [1.82, 2.24) is 10.2 Å². The Bertz CT molecular complexity index is 353. The third-order valence-corrected chi connectivity index (χ3v) is 4.54. The van der Waals surface area contributed by atoms with Gasteiger partial charge >= 0.3 is 12.0 Å². The molecule has 1 saturated heterocycles. The van der Waals surface area contributed by atoms with Crippen molar-refractivity contribution in [2.24, 2.45) is 11.8 Å². The molecule has 1 heterocycles. The summed E-state index contributed by atoms with van der Waals surface area (Å²) in [6.07, 6.45) is 4.68. The average Bonchev–Trinajstić information content (AvgIpc) is 2.92. The van der Waals surface area contributed by atoms with Crippen LogP contribution in [0.2, 0.25) is 0 Å². The van der Waals surface area contributed by atoms with Gasteiger partial charge in [0.1, 0.15) is 0 Å². The van der Waals surface area contributed by atoms with E-state index in [4.69, 9.17) is 9.84 Å². The van der Waals surface area contributed by atoms with Gasteiger partial charge in [-0.2, -0.15) is 0 Å². The van der Waals surface area contributed by atoms with Crippen molar-refractivity contribution in [1.29, 1.82) is 0 Å². The lowest BCUT2D eigenvalue weighted by molar-refractivity contribution is -0.143. The number of carboxylic acids is 1. The molecule has 1 aliphatic heterocycles.